The van der Waals surface area contributed by atoms with E-state index in [0.717, 1.165) is 24.3 Å². The number of carbonyl (C=O) groups excluding carboxylic acids is 1. The number of fused-ring (bicyclic) bond motifs is 1. The van der Waals surface area contributed by atoms with E-state index < -0.39 is 0 Å². The maximum atomic E-state index is 12.8. The highest BCUT2D eigenvalue weighted by atomic mass is 35.5. The minimum absolute atomic E-state index is 0.00206. The minimum Gasteiger partial charge on any atom is -0.348 e. The molecule has 1 atom stereocenters. The van der Waals surface area contributed by atoms with Gasteiger partial charge in [0, 0.05) is 35.7 Å². The van der Waals surface area contributed by atoms with E-state index >= 15 is 0 Å². The second-order valence-electron chi connectivity index (χ2n) is 7.40. The van der Waals surface area contributed by atoms with Crippen molar-refractivity contribution in [3.8, 4) is 0 Å². The summed E-state index contributed by atoms with van der Waals surface area (Å²) in [6.07, 6.45) is 2.10. The number of hydrogen-bond donors (Lipinski definition) is 1. The van der Waals surface area contributed by atoms with Crippen LogP contribution in [0.3, 0.4) is 0 Å². The van der Waals surface area contributed by atoms with Crippen molar-refractivity contribution in [1.29, 1.82) is 0 Å². The van der Waals surface area contributed by atoms with Gasteiger partial charge in [0.05, 0.1) is 12.6 Å². The molecular weight excluding hydrogens is 370 g/mol. The summed E-state index contributed by atoms with van der Waals surface area (Å²) in [5.74, 6) is 0.00206. The number of aromatic nitrogens is 1. The van der Waals surface area contributed by atoms with Crippen LogP contribution in [-0.2, 0) is 11.3 Å². The lowest BCUT2D eigenvalue weighted by Crippen LogP contribution is -2.42. The molecule has 0 fully saturated rings. The van der Waals surface area contributed by atoms with E-state index in [-0.39, 0.29) is 11.9 Å². The second kappa shape index (κ2) is 7.82. The Morgan fingerprint density at radius 1 is 1.07 bits per heavy atom. The quantitative estimate of drug-likeness (QED) is 0.691. The fourth-order valence-corrected chi connectivity index (χ4v) is 3.96. The van der Waals surface area contributed by atoms with E-state index in [1.54, 1.807) is 0 Å². The topological polar surface area (TPSA) is 37.3 Å². The Balaban J connectivity index is 1.56. The third kappa shape index (κ3) is 3.84. The first-order valence-corrected chi connectivity index (χ1v) is 9.91. The number of nitrogens with one attached hydrogen (secondary N) is 1. The van der Waals surface area contributed by atoms with Crippen LogP contribution in [0.25, 0.3) is 0 Å². The average molecular weight is 394 g/mol. The number of halogens is 1. The normalized spacial score (nSPS) is 16.6. The Morgan fingerprint density at radius 2 is 1.86 bits per heavy atom. The van der Waals surface area contributed by atoms with Crippen LogP contribution < -0.4 is 5.32 Å². The lowest BCUT2D eigenvalue weighted by Gasteiger charge is -2.37. The molecule has 4 rings (SSSR count). The first-order valence-electron chi connectivity index (χ1n) is 9.53. The molecule has 0 radical (unpaired) electrons. The molecule has 1 aromatic heterocycles. The molecule has 28 heavy (non-hydrogen) atoms. The molecule has 0 saturated heterocycles. The van der Waals surface area contributed by atoms with E-state index in [0.29, 0.717) is 11.6 Å². The van der Waals surface area contributed by atoms with Crippen molar-refractivity contribution in [1.82, 2.24) is 9.47 Å². The van der Waals surface area contributed by atoms with Crippen molar-refractivity contribution >= 4 is 23.2 Å². The first kappa shape index (κ1) is 18.8. The van der Waals surface area contributed by atoms with Crippen LogP contribution in [0.2, 0.25) is 5.02 Å². The van der Waals surface area contributed by atoms with Gasteiger partial charge in [-0.25, -0.2) is 0 Å². The molecule has 1 aliphatic rings. The zero-order chi connectivity index (χ0) is 19.7. The molecule has 4 nitrogen and oxygen atoms in total. The molecule has 0 spiro atoms. The molecule has 1 aliphatic heterocycles. The van der Waals surface area contributed by atoms with Crippen molar-refractivity contribution in [2.75, 3.05) is 18.4 Å². The van der Waals surface area contributed by atoms with Gasteiger partial charge in [-0.1, -0.05) is 29.8 Å². The number of benzene rings is 2. The van der Waals surface area contributed by atoms with Gasteiger partial charge in [-0.2, -0.15) is 0 Å². The summed E-state index contributed by atoms with van der Waals surface area (Å²) < 4.78 is 2.26. The van der Waals surface area contributed by atoms with E-state index in [1.165, 1.54) is 16.8 Å². The molecule has 2 aromatic carbocycles. The van der Waals surface area contributed by atoms with Crippen LogP contribution in [-0.4, -0.2) is 28.5 Å². The highest BCUT2D eigenvalue weighted by Gasteiger charge is 2.30. The van der Waals surface area contributed by atoms with Crippen molar-refractivity contribution in [3.05, 3.63) is 88.2 Å². The molecule has 144 valence electrons. The van der Waals surface area contributed by atoms with Gasteiger partial charge in [-0.15, -0.1) is 0 Å². The van der Waals surface area contributed by atoms with Crippen LogP contribution in [0, 0.1) is 13.8 Å². The summed E-state index contributed by atoms with van der Waals surface area (Å²) in [4.78, 5) is 15.0. The summed E-state index contributed by atoms with van der Waals surface area (Å²) in [5.41, 5.74) is 5.58. The zero-order valence-electron chi connectivity index (χ0n) is 16.2. The standard InChI is InChI=1S/C23H24ClN3O/c1-16-5-10-20(14-17(16)2)25-22(28)15-27-13-12-26-11-3-4-21(26)23(27)18-6-8-19(24)9-7-18/h3-11,14,23H,12-13,15H2,1-2H3,(H,25,28)/t23-/m1/s1. The number of carbonyl (C=O) groups is 1. The minimum atomic E-state index is 0.00206. The number of aryl methyl sites for hydroxylation is 2. The SMILES string of the molecule is Cc1ccc(NC(=O)CN2CCn3cccc3[C@H]2c2ccc(Cl)cc2)cc1C. The highest BCUT2D eigenvalue weighted by molar-refractivity contribution is 6.30. The van der Waals surface area contributed by atoms with Gasteiger partial charge in [0.15, 0.2) is 0 Å². The smallest absolute Gasteiger partial charge is 0.238 e. The maximum Gasteiger partial charge on any atom is 0.238 e. The predicted molar refractivity (Wildman–Crippen MR) is 114 cm³/mol. The van der Waals surface area contributed by atoms with Crippen molar-refractivity contribution < 1.29 is 4.79 Å². The fraction of sp³-hybridized carbons (Fsp3) is 0.261. The van der Waals surface area contributed by atoms with Gasteiger partial charge in [-0.3, -0.25) is 9.69 Å². The molecule has 0 unspecified atom stereocenters. The van der Waals surface area contributed by atoms with E-state index in [9.17, 15) is 4.79 Å². The Hall–Kier alpha value is -2.56. The van der Waals surface area contributed by atoms with Gasteiger partial charge in [0.2, 0.25) is 5.91 Å². The number of rotatable bonds is 4. The summed E-state index contributed by atoms with van der Waals surface area (Å²) >= 11 is 6.08. The number of hydrogen-bond acceptors (Lipinski definition) is 2. The molecule has 0 bridgehead atoms. The summed E-state index contributed by atoms with van der Waals surface area (Å²) in [6.45, 7) is 6.16. The third-order valence-electron chi connectivity index (χ3n) is 5.46. The van der Waals surface area contributed by atoms with Crippen LogP contribution in [0.1, 0.15) is 28.4 Å². The van der Waals surface area contributed by atoms with E-state index in [1.807, 2.05) is 42.5 Å². The molecule has 3 aromatic rings. The average Bonchev–Trinajstić information content (AvgIpc) is 3.14. The molecule has 1 N–H and O–H groups in total. The Kier molecular flexibility index (Phi) is 5.25. The number of anilines is 1. The predicted octanol–water partition coefficient (Wildman–Crippen LogP) is 4.80. The number of nitrogens with zero attached hydrogens (tertiary/aromatic N) is 2. The van der Waals surface area contributed by atoms with E-state index in [2.05, 4.69) is 47.0 Å². The first-order chi connectivity index (χ1) is 13.5. The van der Waals surface area contributed by atoms with Crippen LogP contribution >= 0.6 is 11.6 Å². The Bertz CT molecular complexity index is 993. The lowest BCUT2D eigenvalue weighted by atomic mass is 10.00. The Morgan fingerprint density at radius 3 is 2.61 bits per heavy atom. The van der Waals surface area contributed by atoms with Gasteiger partial charge < -0.3 is 9.88 Å². The van der Waals surface area contributed by atoms with Crippen LogP contribution in [0.15, 0.2) is 60.8 Å². The van der Waals surface area contributed by atoms with Crippen LogP contribution in [0.4, 0.5) is 5.69 Å². The fourth-order valence-electron chi connectivity index (χ4n) is 3.83. The van der Waals surface area contributed by atoms with Gasteiger partial charge in [-0.05, 0) is 66.9 Å². The summed E-state index contributed by atoms with van der Waals surface area (Å²) in [7, 11) is 0. The summed E-state index contributed by atoms with van der Waals surface area (Å²) in [6, 6.07) is 18.2. The molecule has 5 heteroatoms. The largest absolute Gasteiger partial charge is 0.348 e. The van der Waals surface area contributed by atoms with Crippen molar-refractivity contribution in [2.24, 2.45) is 0 Å². The number of amides is 1. The van der Waals surface area contributed by atoms with Gasteiger partial charge in [0.1, 0.15) is 0 Å². The Labute approximate surface area is 170 Å². The van der Waals surface area contributed by atoms with Crippen LogP contribution in [0.5, 0.6) is 0 Å². The molecule has 2 heterocycles. The van der Waals surface area contributed by atoms with Crippen molar-refractivity contribution in [2.45, 2.75) is 26.4 Å². The molecule has 0 saturated carbocycles. The molecular formula is C23H24ClN3O. The lowest BCUT2D eigenvalue weighted by molar-refractivity contribution is -0.117. The highest BCUT2D eigenvalue weighted by Crippen LogP contribution is 2.32. The molecule has 1 amide bonds. The molecule has 0 aliphatic carbocycles. The maximum absolute atomic E-state index is 12.8. The van der Waals surface area contributed by atoms with Gasteiger partial charge >= 0.3 is 0 Å². The second-order valence-corrected chi connectivity index (χ2v) is 7.83. The monoisotopic (exact) mass is 393 g/mol. The van der Waals surface area contributed by atoms with Gasteiger partial charge in [0.25, 0.3) is 0 Å². The summed E-state index contributed by atoms with van der Waals surface area (Å²) in [5, 5.41) is 3.76. The van der Waals surface area contributed by atoms with E-state index in [4.69, 9.17) is 11.6 Å². The van der Waals surface area contributed by atoms with Crippen molar-refractivity contribution in [3.63, 3.8) is 0 Å². The zero-order valence-corrected chi connectivity index (χ0v) is 16.9. The third-order valence-corrected chi connectivity index (χ3v) is 5.71.